The number of carbonyl (C=O) groups is 3. The van der Waals surface area contributed by atoms with Gasteiger partial charge in [-0.2, -0.15) is 0 Å². The van der Waals surface area contributed by atoms with Gasteiger partial charge in [0.1, 0.15) is 17.4 Å². The molecule has 3 saturated heterocycles. The molecular weight excluding hydrogens is 462 g/mol. The van der Waals surface area contributed by atoms with E-state index in [1.54, 1.807) is 24.3 Å². The number of aliphatic hydroxyl groups excluding tert-OH is 1. The fourth-order valence-corrected chi connectivity index (χ4v) is 6.29. The van der Waals surface area contributed by atoms with Crippen LogP contribution in [0.5, 0.6) is 5.75 Å². The van der Waals surface area contributed by atoms with Crippen molar-refractivity contribution in [3.63, 3.8) is 0 Å². The number of anilines is 1. The van der Waals surface area contributed by atoms with Gasteiger partial charge in [0, 0.05) is 11.7 Å². The van der Waals surface area contributed by atoms with E-state index >= 15 is 0 Å². The van der Waals surface area contributed by atoms with Crippen molar-refractivity contribution >= 4 is 23.4 Å². The highest BCUT2D eigenvalue weighted by Gasteiger charge is 2.75. The van der Waals surface area contributed by atoms with Crippen molar-refractivity contribution < 1.29 is 29.0 Å². The van der Waals surface area contributed by atoms with Gasteiger partial charge in [0.05, 0.1) is 37.2 Å². The second kappa shape index (κ2) is 10.4. The summed E-state index contributed by atoms with van der Waals surface area (Å²) in [6, 6.07) is 5.55. The lowest BCUT2D eigenvalue weighted by Gasteiger charge is -2.37. The molecule has 36 heavy (non-hydrogen) atoms. The summed E-state index contributed by atoms with van der Waals surface area (Å²) in [6.45, 7) is 9.95. The molecule has 6 atom stereocenters. The molecule has 3 heterocycles. The number of amides is 3. The van der Waals surface area contributed by atoms with E-state index in [0.29, 0.717) is 37.3 Å². The molecule has 3 aliphatic rings. The summed E-state index contributed by atoms with van der Waals surface area (Å²) < 4.78 is 11.9. The summed E-state index contributed by atoms with van der Waals surface area (Å²) in [5, 5.41) is 16.1. The smallest absolute Gasteiger partial charge is 0.246 e. The van der Waals surface area contributed by atoms with Gasteiger partial charge in [-0.3, -0.25) is 14.4 Å². The van der Waals surface area contributed by atoms with Crippen LogP contribution in [0.3, 0.4) is 0 Å². The number of nitrogens with zero attached hydrogens (tertiary/aromatic N) is 1. The third-order valence-electron chi connectivity index (χ3n) is 7.50. The second-order valence-corrected chi connectivity index (χ2v) is 10.9. The topological polar surface area (TPSA) is 117 Å². The molecule has 4 rings (SSSR count). The van der Waals surface area contributed by atoms with E-state index < -0.39 is 35.6 Å². The van der Waals surface area contributed by atoms with Crippen molar-refractivity contribution in [2.45, 2.75) is 83.7 Å². The third kappa shape index (κ3) is 4.59. The van der Waals surface area contributed by atoms with Gasteiger partial charge in [-0.05, 0) is 70.2 Å². The third-order valence-corrected chi connectivity index (χ3v) is 7.50. The van der Waals surface area contributed by atoms with Crippen molar-refractivity contribution in [3.05, 3.63) is 24.3 Å². The van der Waals surface area contributed by atoms with Crippen molar-refractivity contribution in [3.8, 4) is 5.75 Å². The maximum Gasteiger partial charge on any atom is 0.246 e. The van der Waals surface area contributed by atoms with Crippen LogP contribution in [0.1, 0.15) is 53.9 Å². The average molecular weight is 502 g/mol. The number of aliphatic hydroxyl groups is 1. The molecule has 0 aliphatic carbocycles. The van der Waals surface area contributed by atoms with Gasteiger partial charge in [0.2, 0.25) is 17.7 Å². The minimum Gasteiger partial charge on any atom is -0.494 e. The molecule has 3 fully saturated rings. The molecule has 2 bridgehead atoms. The first-order valence-corrected chi connectivity index (χ1v) is 13.1. The number of hydrogen-bond acceptors (Lipinski definition) is 6. The number of ether oxygens (including phenoxy) is 2. The highest BCUT2D eigenvalue weighted by molar-refractivity contribution is 6.02. The molecule has 9 heteroatoms. The Morgan fingerprint density at radius 3 is 2.47 bits per heavy atom. The molecule has 1 aromatic rings. The van der Waals surface area contributed by atoms with E-state index in [-0.39, 0.29) is 36.3 Å². The van der Waals surface area contributed by atoms with Crippen LogP contribution in [0.25, 0.3) is 0 Å². The summed E-state index contributed by atoms with van der Waals surface area (Å²) >= 11 is 0. The molecule has 1 aromatic carbocycles. The Morgan fingerprint density at radius 2 is 1.89 bits per heavy atom. The van der Waals surface area contributed by atoms with Crippen LogP contribution in [-0.4, -0.2) is 70.8 Å². The van der Waals surface area contributed by atoms with Crippen LogP contribution < -0.4 is 15.4 Å². The number of benzene rings is 1. The van der Waals surface area contributed by atoms with E-state index in [1.165, 1.54) is 4.90 Å². The summed E-state index contributed by atoms with van der Waals surface area (Å²) in [6.07, 6.45) is 1.23. The Bertz CT molecular complexity index is 980. The standard InChI is InChI=1S/C27H39N3O6/c1-6-35-19-9-7-17(8-10-19)29-24(32)21-20-11-12-27(36-20)22(21)26(34)30(18(14-31)13-15(2)3)23(27)25(33)28-16(4)5/h7-10,15-16,18,20-23,31H,6,11-14H2,1-5H3,(H,28,33)(H,29,32)/t18-,20+,21-,22+,23?,27?/m1/s1. The quantitative estimate of drug-likeness (QED) is 0.453. The normalized spacial score (nSPS) is 29.6. The van der Waals surface area contributed by atoms with Crippen LogP contribution in [0.15, 0.2) is 24.3 Å². The molecular formula is C27H39N3O6. The molecule has 0 aromatic heterocycles. The number of hydrogen-bond donors (Lipinski definition) is 3. The lowest BCUT2D eigenvalue weighted by molar-refractivity contribution is -0.145. The molecule has 0 saturated carbocycles. The van der Waals surface area contributed by atoms with Crippen molar-refractivity contribution in [1.82, 2.24) is 10.2 Å². The van der Waals surface area contributed by atoms with E-state index in [4.69, 9.17) is 9.47 Å². The minimum atomic E-state index is -1.08. The zero-order valence-electron chi connectivity index (χ0n) is 21.8. The number of carbonyl (C=O) groups excluding carboxylic acids is 3. The summed E-state index contributed by atoms with van der Waals surface area (Å²) in [7, 11) is 0. The predicted molar refractivity (Wildman–Crippen MR) is 134 cm³/mol. The van der Waals surface area contributed by atoms with Crippen LogP contribution in [0, 0.1) is 17.8 Å². The zero-order valence-corrected chi connectivity index (χ0v) is 21.8. The molecule has 3 aliphatic heterocycles. The van der Waals surface area contributed by atoms with E-state index in [9.17, 15) is 19.5 Å². The van der Waals surface area contributed by atoms with Crippen LogP contribution in [-0.2, 0) is 19.1 Å². The Labute approximate surface area is 212 Å². The van der Waals surface area contributed by atoms with Gasteiger partial charge >= 0.3 is 0 Å². The number of rotatable bonds is 10. The Hall–Kier alpha value is -2.65. The largest absolute Gasteiger partial charge is 0.494 e. The van der Waals surface area contributed by atoms with E-state index in [2.05, 4.69) is 10.6 Å². The van der Waals surface area contributed by atoms with Gasteiger partial charge in [0.15, 0.2) is 0 Å². The lowest BCUT2D eigenvalue weighted by Crippen LogP contribution is -2.59. The monoisotopic (exact) mass is 501 g/mol. The minimum absolute atomic E-state index is 0.125. The van der Waals surface area contributed by atoms with Crippen LogP contribution in [0.2, 0.25) is 0 Å². The van der Waals surface area contributed by atoms with Gasteiger partial charge in [-0.25, -0.2) is 0 Å². The number of nitrogens with one attached hydrogen (secondary N) is 2. The Kier molecular flexibility index (Phi) is 7.61. The first-order valence-electron chi connectivity index (χ1n) is 13.1. The zero-order chi connectivity index (χ0) is 26.2. The molecule has 3 N–H and O–H groups in total. The van der Waals surface area contributed by atoms with Gasteiger partial charge in [-0.15, -0.1) is 0 Å². The fraction of sp³-hybridized carbons (Fsp3) is 0.667. The molecule has 0 radical (unpaired) electrons. The Morgan fingerprint density at radius 1 is 1.19 bits per heavy atom. The predicted octanol–water partition coefficient (Wildman–Crippen LogP) is 2.33. The van der Waals surface area contributed by atoms with Crippen molar-refractivity contribution in [2.24, 2.45) is 17.8 Å². The molecule has 9 nitrogen and oxygen atoms in total. The van der Waals surface area contributed by atoms with Crippen LogP contribution in [0.4, 0.5) is 5.69 Å². The summed E-state index contributed by atoms with van der Waals surface area (Å²) in [5.41, 5.74) is -0.476. The van der Waals surface area contributed by atoms with E-state index in [0.717, 1.165) is 0 Å². The highest BCUT2D eigenvalue weighted by atomic mass is 16.5. The Balaban J connectivity index is 1.65. The van der Waals surface area contributed by atoms with Crippen molar-refractivity contribution in [1.29, 1.82) is 0 Å². The maximum atomic E-state index is 14.0. The van der Waals surface area contributed by atoms with Crippen LogP contribution >= 0.6 is 0 Å². The highest BCUT2D eigenvalue weighted by Crippen LogP contribution is 2.59. The van der Waals surface area contributed by atoms with E-state index in [1.807, 2.05) is 34.6 Å². The number of fused-ring (bicyclic) bond motifs is 1. The first kappa shape index (κ1) is 26.4. The average Bonchev–Trinajstić information content (AvgIpc) is 3.45. The van der Waals surface area contributed by atoms with Gasteiger partial charge < -0.3 is 30.1 Å². The van der Waals surface area contributed by atoms with Gasteiger partial charge in [0.25, 0.3) is 0 Å². The van der Waals surface area contributed by atoms with Crippen molar-refractivity contribution in [2.75, 3.05) is 18.5 Å². The maximum absolute atomic E-state index is 14.0. The molecule has 198 valence electrons. The summed E-state index contributed by atoms with van der Waals surface area (Å²) in [5.74, 6) is -1.45. The fourth-order valence-electron chi connectivity index (χ4n) is 6.29. The second-order valence-electron chi connectivity index (χ2n) is 10.9. The molecule has 3 amide bonds. The molecule has 2 unspecified atom stereocenters. The SMILES string of the molecule is CCOc1ccc(NC(=O)[C@@H]2[C@@H]3CCC4(O3)C(C(=O)NC(C)C)N([C@@H](CO)CC(C)C)C(=O)[C@H]24)cc1. The molecule has 1 spiro atoms. The van der Waals surface area contributed by atoms with Gasteiger partial charge in [-0.1, -0.05) is 13.8 Å². The summed E-state index contributed by atoms with van der Waals surface area (Å²) in [4.78, 5) is 42.6. The first-order chi connectivity index (χ1) is 17.1. The lowest BCUT2D eigenvalue weighted by atomic mass is 9.70. The number of likely N-dealkylation sites (tertiary alicyclic amines) is 1.